The number of para-hydroxylation sites is 1. The standard InChI is InChI=1S/C15H12F3NO4/c1-21-13-9-10(7-8-12(13)23-15(16,17)18)19-14(20)22-11-5-3-2-4-6-11/h2-9H,1H3,(H,19,20). The third-order valence-electron chi connectivity index (χ3n) is 2.59. The van der Waals surface area contributed by atoms with Crippen LogP contribution in [0.1, 0.15) is 0 Å². The summed E-state index contributed by atoms with van der Waals surface area (Å²) in [5.41, 5.74) is 0.192. The second-order valence-electron chi connectivity index (χ2n) is 4.24. The van der Waals surface area contributed by atoms with E-state index in [0.29, 0.717) is 5.75 Å². The van der Waals surface area contributed by atoms with Crippen molar-refractivity contribution in [1.82, 2.24) is 0 Å². The van der Waals surface area contributed by atoms with Gasteiger partial charge in [-0.1, -0.05) is 18.2 Å². The summed E-state index contributed by atoms with van der Waals surface area (Å²) in [6, 6.07) is 11.8. The predicted octanol–water partition coefficient (Wildman–Crippen LogP) is 4.20. The highest BCUT2D eigenvalue weighted by Crippen LogP contribution is 2.34. The van der Waals surface area contributed by atoms with Crippen LogP contribution in [0.2, 0.25) is 0 Å². The Morgan fingerprint density at radius 2 is 1.74 bits per heavy atom. The lowest BCUT2D eigenvalue weighted by Crippen LogP contribution is -2.18. The van der Waals surface area contributed by atoms with Crippen molar-refractivity contribution in [2.24, 2.45) is 0 Å². The van der Waals surface area contributed by atoms with Gasteiger partial charge in [-0.15, -0.1) is 13.2 Å². The molecule has 0 bridgehead atoms. The normalized spacial score (nSPS) is 10.8. The maximum atomic E-state index is 12.2. The Hall–Kier alpha value is -2.90. The third-order valence-corrected chi connectivity index (χ3v) is 2.59. The van der Waals surface area contributed by atoms with Gasteiger partial charge in [-0.05, 0) is 24.3 Å². The number of methoxy groups -OCH3 is 1. The lowest BCUT2D eigenvalue weighted by Gasteiger charge is -2.14. The first-order valence-corrected chi connectivity index (χ1v) is 6.35. The van der Waals surface area contributed by atoms with Crippen LogP contribution in [-0.2, 0) is 0 Å². The summed E-state index contributed by atoms with van der Waals surface area (Å²) >= 11 is 0. The van der Waals surface area contributed by atoms with Crippen molar-refractivity contribution < 1.29 is 32.2 Å². The fourth-order valence-corrected chi connectivity index (χ4v) is 1.69. The van der Waals surface area contributed by atoms with E-state index in [1.54, 1.807) is 30.3 Å². The van der Waals surface area contributed by atoms with Crippen molar-refractivity contribution in [2.45, 2.75) is 6.36 Å². The SMILES string of the molecule is COc1cc(NC(=O)Oc2ccccc2)ccc1OC(F)(F)F. The van der Waals surface area contributed by atoms with Gasteiger partial charge in [0.15, 0.2) is 11.5 Å². The number of ether oxygens (including phenoxy) is 3. The number of carbonyl (C=O) groups is 1. The van der Waals surface area contributed by atoms with E-state index in [2.05, 4.69) is 10.1 Å². The van der Waals surface area contributed by atoms with Crippen LogP contribution >= 0.6 is 0 Å². The smallest absolute Gasteiger partial charge is 0.493 e. The van der Waals surface area contributed by atoms with Gasteiger partial charge in [-0.25, -0.2) is 4.79 Å². The first kappa shape index (κ1) is 16.5. The molecule has 0 unspecified atom stereocenters. The minimum atomic E-state index is -4.84. The molecule has 0 spiro atoms. The molecule has 0 radical (unpaired) electrons. The van der Waals surface area contributed by atoms with Crippen LogP contribution in [-0.4, -0.2) is 19.6 Å². The Labute approximate surface area is 129 Å². The molecule has 0 atom stereocenters. The van der Waals surface area contributed by atoms with E-state index in [0.717, 1.165) is 6.07 Å². The van der Waals surface area contributed by atoms with Gasteiger partial charge >= 0.3 is 12.5 Å². The summed E-state index contributed by atoms with van der Waals surface area (Å²) < 4.78 is 50.4. The van der Waals surface area contributed by atoms with E-state index in [9.17, 15) is 18.0 Å². The average molecular weight is 327 g/mol. The number of carbonyl (C=O) groups excluding carboxylic acids is 1. The second kappa shape index (κ2) is 6.91. The molecule has 8 heteroatoms. The Bertz CT molecular complexity index is 674. The minimum absolute atomic E-state index is 0.181. The van der Waals surface area contributed by atoms with Crippen LogP contribution in [0.25, 0.3) is 0 Å². The van der Waals surface area contributed by atoms with Crippen molar-refractivity contribution in [1.29, 1.82) is 0 Å². The number of hydrogen-bond donors (Lipinski definition) is 1. The Morgan fingerprint density at radius 1 is 1.04 bits per heavy atom. The molecule has 5 nitrogen and oxygen atoms in total. The second-order valence-corrected chi connectivity index (χ2v) is 4.24. The number of anilines is 1. The number of amides is 1. The molecular formula is C15H12F3NO4. The molecule has 0 aliphatic heterocycles. The Balaban J connectivity index is 2.07. The van der Waals surface area contributed by atoms with Crippen molar-refractivity contribution in [3.05, 3.63) is 48.5 Å². The van der Waals surface area contributed by atoms with E-state index in [1.165, 1.54) is 19.2 Å². The molecular weight excluding hydrogens is 315 g/mol. The summed E-state index contributed by atoms with van der Waals surface area (Å²) in [7, 11) is 1.19. The predicted molar refractivity (Wildman–Crippen MR) is 75.8 cm³/mol. The van der Waals surface area contributed by atoms with Crippen molar-refractivity contribution in [2.75, 3.05) is 12.4 Å². The molecule has 0 saturated carbocycles. The molecule has 0 heterocycles. The van der Waals surface area contributed by atoms with Gasteiger partial charge in [0, 0.05) is 11.8 Å². The van der Waals surface area contributed by atoms with Crippen LogP contribution < -0.4 is 19.5 Å². The molecule has 23 heavy (non-hydrogen) atoms. The zero-order valence-corrected chi connectivity index (χ0v) is 11.9. The van der Waals surface area contributed by atoms with E-state index < -0.39 is 18.2 Å². The maximum Gasteiger partial charge on any atom is 0.573 e. The summed E-state index contributed by atoms with van der Waals surface area (Å²) in [6.07, 6.45) is -5.63. The third kappa shape index (κ3) is 5.10. The van der Waals surface area contributed by atoms with Crippen molar-refractivity contribution >= 4 is 11.8 Å². The number of rotatable bonds is 4. The van der Waals surface area contributed by atoms with Gasteiger partial charge in [0.2, 0.25) is 0 Å². The Morgan fingerprint density at radius 3 is 2.35 bits per heavy atom. The van der Waals surface area contributed by atoms with Crippen LogP contribution in [0, 0.1) is 0 Å². The highest BCUT2D eigenvalue weighted by Gasteiger charge is 2.32. The van der Waals surface area contributed by atoms with E-state index in [1.807, 2.05) is 0 Å². The lowest BCUT2D eigenvalue weighted by atomic mass is 10.3. The lowest BCUT2D eigenvalue weighted by molar-refractivity contribution is -0.275. The highest BCUT2D eigenvalue weighted by atomic mass is 19.4. The number of nitrogens with one attached hydrogen (secondary N) is 1. The van der Waals surface area contributed by atoms with Crippen molar-refractivity contribution in [3.8, 4) is 17.2 Å². The van der Waals surface area contributed by atoms with E-state index >= 15 is 0 Å². The number of benzene rings is 2. The zero-order chi connectivity index (χ0) is 16.9. The number of hydrogen-bond acceptors (Lipinski definition) is 4. The average Bonchev–Trinajstić information content (AvgIpc) is 2.48. The van der Waals surface area contributed by atoms with Gasteiger partial charge in [0.25, 0.3) is 0 Å². The summed E-state index contributed by atoms with van der Waals surface area (Å²) in [5, 5.41) is 2.38. The fourth-order valence-electron chi connectivity index (χ4n) is 1.69. The molecule has 0 aromatic heterocycles. The van der Waals surface area contributed by atoms with Gasteiger partial charge in [0.1, 0.15) is 5.75 Å². The summed E-state index contributed by atoms with van der Waals surface area (Å²) in [5.74, 6) is -0.365. The topological polar surface area (TPSA) is 56.8 Å². The highest BCUT2D eigenvalue weighted by molar-refractivity contribution is 5.86. The molecule has 0 aliphatic rings. The van der Waals surface area contributed by atoms with E-state index in [4.69, 9.17) is 9.47 Å². The summed E-state index contributed by atoms with van der Waals surface area (Å²) in [6.45, 7) is 0. The number of alkyl halides is 3. The molecule has 0 saturated heterocycles. The largest absolute Gasteiger partial charge is 0.573 e. The van der Waals surface area contributed by atoms with E-state index in [-0.39, 0.29) is 11.4 Å². The van der Waals surface area contributed by atoms with Gasteiger partial charge in [-0.3, -0.25) is 5.32 Å². The van der Waals surface area contributed by atoms with Crippen LogP contribution in [0.5, 0.6) is 17.2 Å². The van der Waals surface area contributed by atoms with Gasteiger partial charge < -0.3 is 14.2 Å². The van der Waals surface area contributed by atoms with Gasteiger partial charge in [-0.2, -0.15) is 0 Å². The first-order chi connectivity index (χ1) is 10.9. The maximum absolute atomic E-state index is 12.2. The first-order valence-electron chi connectivity index (χ1n) is 6.35. The molecule has 0 fully saturated rings. The molecule has 1 N–H and O–H groups in total. The molecule has 0 aliphatic carbocycles. The molecule has 2 aromatic carbocycles. The minimum Gasteiger partial charge on any atom is -0.493 e. The molecule has 1 amide bonds. The van der Waals surface area contributed by atoms with Gasteiger partial charge in [0.05, 0.1) is 7.11 Å². The van der Waals surface area contributed by atoms with Crippen LogP contribution in [0.3, 0.4) is 0 Å². The van der Waals surface area contributed by atoms with Crippen LogP contribution in [0.15, 0.2) is 48.5 Å². The number of halogens is 3. The molecule has 122 valence electrons. The fraction of sp³-hybridized carbons (Fsp3) is 0.133. The molecule has 2 aromatic rings. The summed E-state index contributed by atoms with van der Waals surface area (Å²) in [4.78, 5) is 11.7. The molecule has 2 rings (SSSR count). The van der Waals surface area contributed by atoms with Crippen LogP contribution in [0.4, 0.5) is 23.7 Å². The quantitative estimate of drug-likeness (QED) is 0.914. The monoisotopic (exact) mass is 327 g/mol. The van der Waals surface area contributed by atoms with Crippen molar-refractivity contribution in [3.63, 3.8) is 0 Å². The Kier molecular flexibility index (Phi) is 4.95. The zero-order valence-electron chi connectivity index (χ0n) is 11.9.